The van der Waals surface area contributed by atoms with Crippen molar-refractivity contribution in [3.05, 3.63) is 48.0 Å². The maximum absolute atomic E-state index is 12.1. The zero-order valence-electron chi connectivity index (χ0n) is 10.2. The van der Waals surface area contributed by atoms with E-state index in [0.717, 1.165) is 10.8 Å². The largest absolute Gasteiger partial charge is 0.480 e. The molecule has 3 rings (SSSR count). The molecule has 0 aliphatic heterocycles. The van der Waals surface area contributed by atoms with Gasteiger partial charge in [-0.3, -0.25) is 4.79 Å². The average molecular weight is 255 g/mol. The second-order valence-electron chi connectivity index (χ2n) is 4.90. The molecule has 1 aliphatic carbocycles. The highest BCUT2D eigenvalue weighted by molar-refractivity contribution is 6.01. The number of aliphatic carboxylic acids is 1. The molecule has 0 aromatic heterocycles. The summed E-state index contributed by atoms with van der Waals surface area (Å²) in [5, 5.41) is 13.7. The van der Waals surface area contributed by atoms with Gasteiger partial charge in [0.25, 0.3) is 5.91 Å². The molecule has 96 valence electrons. The van der Waals surface area contributed by atoms with Crippen molar-refractivity contribution in [1.82, 2.24) is 5.32 Å². The summed E-state index contributed by atoms with van der Waals surface area (Å²) in [7, 11) is 0. The lowest BCUT2D eigenvalue weighted by Gasteiger charge is -2.12. The minimum absolute atomic E-state index is 0.328. The summed E-state index contributed by atoms with van der Waals surface area (Å²) in [6.45, 7) is 0. The van der Waals surface area contributed by atoms with Crippen LogP contribution >= 0.6 is 0 Å². The van der Waals surface area contributed by atoms with E-state index in [9.17, 15) is 9.59 Å². The van der Waals surface area contributed by atoms with Crippen molar-refractivity contribution in [1.29, 1.82) is 0 Å². The predicted octanol–water partition coefficient (Wildman–Crippen LogP) is 2.19. The number of benzene rings is 2. The second-order valence-corrected chi connectivity index (χ2v) is 4.90. The molecule has 1 amide bonds. The number of rotatable bonds is 3. The van der Waals surface area contributed by atoms with Crippen molar-refractivity contribution >= 4 is 22.6 Å². The third-order valence-electron chi connectivity index (χ3n) is 3.52. The number of carbonyl (C=O) groups is 2. The smallest absolute Gasteiger partial charge is 0.329 e. The van der Waals surface area contributed by atoms with Crippen LogP contribution in [0.2, 0.25) is 0 Å². The van der Waals surface area contributed by atoms with Gasteiger partial charge in [0.05, 0.1) is 0 Å². The van der Waals surface area contributed by atoms with Gasteiger partial charge >= 0.3 is 5.97 Å². The van der Waals surface area contributed by atoms with Crippen LogP contribution in [0.5, 0.6) is 0 Å². The number of amides is 1. The maximum Gasteiger partial charge on any atom is 0.329 e. The van der Waals surface area contributed by atoms with E-state index in [1.54, 1.807) is 12.1 Å². The topological polar surface area (TPSA) is 66.4 Å². The summed E-state index contributed by atoms with van der Waals surface area (Å²) in [6, 6.07) is 13.1. The van der Waals surface area contributed by atoms with Gasteiger partial charge < -0.3 is 10.4 Å². The van der Waals surface area contributed by atoms with E-state index in [0.29, 0.717) is 18.4 Å². The molecule has 2 N–H and O–H groups in total. The van der Waals surface area contributed by atoms with Crippen LogP contribution in [0.4, 0.5) is 0 Å². The molecule has 0 heterocycles. The van der Waals surface area contributed by atoms with Crippen LogP contribution in [0.3, 0.4) is 0 Å². The summed E-state index contributed by atoms with van der Waals surface area (Å²) in [4.78, 5) is 23.1. The monoisotopic (exact) mass is 255 g/mol. The van der Waals surface area contributed by atoms with Gasteiger partial charge in [0.2, 0.25) is 0 Å². The highest BCUT2D eigenvalue weighted by Gasteiger charge is 2.51. The fraction of sp³-hybridized carbons (Fsp3) is 0.200. The van der Waals surface area contributed by atoms with Crippen LogP contribution in [0.25, 0.3) is 10.8 Å². The van der Waals surface area contributed by atoms with Gasteiger partial charge in [0.15, 0.2) is 0 Å². The molecule has 4 heteroatoms. The van der Waals surface area contributed by atoms with Gasteiger partial charge in [0, 0.05) is 5.56 Å². The Hall–Kier alpha value is -2.36. The fourth-order valence-electron chi connectivity index (χ4n) is 2.14. The zero-order chi connectivity index (χ0) is 13.5. The molecule has 0 bridgehead atoms. The van der Waals surface area contributed by atoms with Gasteiger partial charge in [-0.25, -0.2) is 4.79 Å². The molecule has 19 heavy (non-hydrogen) atoms. The van der Waals surface area contributed by atoms with Gasteiger partial charge in [-0.2, -0.15) is 0 Å². The Labute approximate surface area is 110 Å². The summed E-state index contributed by atoms with van der Waals surface area (Å²) in [5.41, 5.74) is -0.547. The van der Waals surface area contributed by atoms with Crippen molar-refractivity contribution in [3.63, 3.8) is 0 Å². The molecule has 2 aromatic rings. The molecule has 0 unspecified atom stereocenters. The zero-order valence-corrected chi connectivity index (χ0v) is 10.2. The first-order valence-electron chi connectivity index (χ1n) is 6.15. The van der Waals surface area contributed by atoms with Crippen LogP contribution in [-0.4, -0.2) is 22.5 Å². The first kappa shape index (κ1) is 11.7. The van der Waals surface area contributed by atoms with Crippen molar-refractivity contribution in [2.24, 2.45) is 0 Å². The molecule has 0 saturated heterocycles. The molecule has 1 aliphatic rings. The van der Waals surface area contributed by atoms with E-state index >= 15 is 0 Å². The van der Waals surface area contributed by atoms with Crippen LogP contribution < -0.4 is 5.32 Å². The van der Waals surface area contributed by atoms with E-state index in [-0.39, 0.29) is 5.91 Å². The summed E-state index contributed by atoms with van der Waals surface area (Å²) >= 11 is 0. The molecule has 4 nitrogen and oxygen atoms in total. The number of nitrogens with one attached hydrogen (secondary N) is 1. The van der Waals surface area contributed by atoms with E-state index in [1.165, 1.54) is 0 Å². The summed E-state index contributed by atoms with van der Waals surface area (Å²) in [6.07, 6.45) is 1.00. The van der Waals surface area contributed by atoms with E-state index < -0.39 is 11.5 Å². The normalized spacial score (nSPS) is 16.0. The number of fused-ring (bicyclic) bond motifs is 1. The number of carboxylic acid groups (broad SMARTS) is 1. The molecule has 1 saturated carbocycles. The Morgan fingerprint density at radius 3 is 2.37 bits per heavy atom. The molecule has 1 fully saturated rings. The van der Waals surface area contributed by atoms with Gasteiger partial charge in [-0.05, 0) is 35.7 Å². The van der Waals surface area contributed by atoms with Crippen LogP contribution in [0.15, 0.2) is 42.5 Å². The number of carbonyl (C=O) groups excluding carboxylic acids is 1. The van der Waals surface area contributed by atoms with E-state index in [1.807, 2.05) is 30.3 Å². The molecule has 0 radical (unpaired) electrons. The number of carboxylic acids is 1. The Kier molecular flexibility index (Phi) is 2.52. The first-order valence-corrected chi connectivity index (χ1v) is 6.15. The SMILES string of the molecule is O=C(NC1(C(=O)O)CC1)c1ccc2ccccc2c1. The predicted molar refractivity (Wildman–Crippen MR) is 71.0 cm³/mol. The Bertz CT molecular complexity index is 674. The standard InChI is InChI=1S/C15H13NO3/c17-13(16-15(7-8-15)14(18)19)12-6-5-10-3-1-2-4-11(10)9-12/h1-6,9H,7-8H2,(H,16,17)(H,18,19). The number of hydrogen-bond donors (Lipinski definition) is 2. The minimum atomic E-state index is -1.04. The molecule has 0 spiro atoms. The average Bonchev–Trinajstić information content (AvgIpc) is 3.19. The fourth-order valence-corrected chi connectivity index (χ4v) is 2.14. The Morgan fingerprint density at radius 1 is 1.05 bits per heavy atom. The lowest BCUT2D eigenvalue weighted by molar-refractivity contribution is -0.140. The third-order valence-corrected chi connectivity index (χ3v) is 3.52. The van der Waals surface area contributed by atoms with E-state index in [2.05, 4.69) is 5.32 Å². The van der Waals surface area contributed by atoms with Crippen LogP contribution in [-0.2, 0) is 4.79 Å². The highest BCUT2D eigenvalue weighted by Crippen LogP contribution is 2.35. The molecule has 2 aromatic carbocycles. The van der Waals surface area contributed by atoms with Gasteiger partial charge in [-0.1, -0.05) is 30.3 Å². The quantitative estimate of drug-likeness (QED) is 0.883. The van der Waals surface area contributed by atoms with Crippen LogP contribution in [0, 0.1) is 0 Å². The third kappa shape index (κ3) is 2.05. The Morgan fingerprint density at radius 2 is 1.74 bits per heavy atom. The van der Waals surface area contributed by atoms with Gasteiger partial charge in [0.1, 0.15) is 5.54 Å². The first-order chi connectivity index (χ1) is 9.11. The molecular weight excluding hydrogens is 242 g/mol. The molecular formula is C15H13NO3. The second kappa shape index (κ2) is 4.09. The van der Waals surface area contributed by atoms with E-state index in [4.69, 9.17) is 5.11 Å². The van der Waals surface area contributed by atoms with Gasteiger partial charge in [-0.15, -0.1) is 0 Å². The lowest BCUT2D eigenvalue weighted by atomic mass is 10.1. The minimum Gasteiger partial charge on any atom is -0.480 e. The summed E-state index contributed by atoms with van der Waals surface area (Å²) < 4.78 is 0. The Balaban J connectivity index is 1.88. The maximum atomic E-state index is 12.1. The number of hydrogen-bond acceptors (Lipinski definition) is 2. The molecule has 0 atom stereocenters. The summed E-state index contributed by atoms with van der Waals surface area (Å²) in [5.74, 6) is -1.28. The van der Waals surface area contributed by atoms with Crippen molar-refractivity contribution in [3.8, 4) is 0 Å². The van der Waals surface area contributed by atoms with Crippen molar-refractivity contribution in [2.75, 3.05) is 0 Å². The highest BCUT2D eigenvalue weighted by atomic mass is 16.4. The van der Waals surface area contributed by atoms with Crippen molar-refractivity contribution in [2.45, 2.75) is 18.4 Å². The van der Waals surface area contributed by atoms with Crippen LogP contribution in [0.1, 0.15) is 23.2 Å². The van der Waals surface area contributed by atoms with Crippen molar-refractivity contribution < 1.29 is 14.7 Å². The lowest BCUT2D eigenvalue weighted by Crippen LogP contribution is -2.43.